The summed E-state index contributed by atoms with van der Waals surface area (Å²) in [6.45, 7) is 4.33. The summed E-state index contributed by atoms with van der Waals surface area (Å²) in [5, 5.41) is 11.1. The first kappa shape index (κ1) is 16.3. The number of carboxylic acid groups (broad SMARTS) is 1. The van der Waals surface area contributed by atoms with Gasteiger partial charge in [0.2, 0.25) is 0 Å². The van der Waals surface area contributed by atoms with Gasteiger partial charge in [-0.25, -0.2) is 0 Å². The second-order valence-corrected chi connectivity index (χ2v) is 5.99. The molecule has 3 nitrogen and oxygen atoms in total. The van der Waals surface area contributed by atoms with E-state index in [1.54, 1.807) is 7.11 Å². The first-order valence-electron chi connectivity index (χ1n) is 7.84. The lowest BCUT2D eigenvalue weighted by Crippen LogP contribution is -1.97. The number of aliphatic carboxylic acids is 1. The Balaban J connectivity index is 2.29. The minimum Gasteiger partial charge on any atom is -0.496 e. The summed E-state index contributed by atoms with van der Waals surface area (Å²) in [5.74, 6) is 0.625. The van der Waals surface area contributed by atoms with Crippen LogP contribution in [-0.2, 0) is 11.2 Å². The van der Waals surface area contributed by atoms with Crippen LogP contribution in [-0.4, -0.2) is 18.2 Å². The summed E-state index contributed by atoms with van der Waals surface area (Å²) < 4.78 is 5.55. The van der Waals surface area contributed by atoms with Gasteiger partial charge in [0.25, 0.3) is 0 Å². The Bertz CT molecular complexity index is 659. The van der Waals surface area contributed by atoms with Gasteiger partial charge in [-0.05, 0) is 59.2 Å². The molecule has 3 heteroatoms. The molecular weight excluding hydrogens is 276 g/mol. The van der Waals surface area contributed by atoms with Crippen molar-refractivity contribution in [2.24, 2.45) is 0 Å². The van der Waals surface area contributed by atoms with Crippen LogP contribution in [0.25, 0.3) is 10.8 Å². The smallest absolute Gasteiger partial charge is 0.303 e. The van der Waals surface area contributed by atoms with Gasteiger partial charge in [0.1, 0.15) is 5.75 Å². The molecule has 0 amide bonds. The molecule has 0 unspecified atom stereocenters. The van der Waals surface area contributed by atoms with Crippen molar-refractivity contribution in [2.45, 2.75) is 45.4 Å². The maximum Gasteiger partial charge on any atom is 0.303 e. The Labute approximate surface area is 131 Å². The molecule has 0 radical (unpaired) electrons. The second kappa shape index (κ2) is 7.30. The quantitative estimate of drug-likeness (QED) is 0.749. The minimum absolute atomic E-state index is 0.242. The van der Waals surface area contributed by atoms with E-state index in [0.717, 1.165) is 18.6 Å². The average Bonchev–Trinajstić information content (AvgIpc) is 2.49. The molecule has 0 saturated carbocycles. The van der Waals surface area contributed by atoms with Crippen molar-refractivity contribution in [2.75, 3.05) is 7.11 Å². The lowest BCUT2D eigenvalue weighted by Gasteiger charge is -2.15. The van der Waals surface area contributed by atoms with Gasteiger partial charge >= 0.3 is 5.97 Å². The molecule has 2 aromatic rings. The summed E-state index contributed by atoms with van der Waals surface area (Å²) >= 11 is 0. The van der Waals surface area contributed by atoms with Crippen LogP contribution in [0.4, 0.5) is 0 Å². The van der Waals surface area contributed by atoms with Gasteiger partial charge in [0.15, 0.2) is 0 Å². The standard InChI is InChI=1S/C19H24O3/c1-13(2)16-11-15-9-6-8-14(7-4-5-10-19(20)21)17(15)12-18(16)22-3/h6,8-9,11-13H,4-5,7,10H2,1-3H3,(H,20,21). The fourth-order valence-corrected chi connectivity index (χ4v) is 2.83. The van der Waals surface area contributed by atoms with Crippen LogP contribution >= 0.6 is 0 Å². The highest BCUT2D eigenvalue weighted by Crippen LogP contribution is 2.33. The Morgan fingerprint density at radius 3 is 2.64 bits per heavy atom. The van der Waals surface area contributed by atoms with E-state index in [9.17, 15) is 4.79 Å². The summed E-state index contributed by atoms with van der Waals surface area (Å²) in [6.07, 6.45) is 2.74. The molecular formula is C19H24O3. The van der Waals surface area contributed by atoms with Crippen LogP contribution in [0.3, 0.4) is 0 Å². The first-order valence-corrected chi connectivity index (χ1v) is 7.84. The van der Waals surface area contributed by atoms with Crippen LogP contribution < -0.4 is 4.74 Å². The third-order valence-corrected chi connectivity index (χ3v) is 4.03. The molecule has 0 aromatic heterocycles. The highest BCUT2D eigenvalue weighted by Gasteiger charge is 2.11. The van der Waals surface area contributed by atoms with Gasteiger partial charge in [0.05, 0.1) is 7.11 Å². The van der Waals surface area contributed by atoms with Crippen molar-refractivity contribution in [1.29, 1.82) is 0 Å². The van der Waals surface area contributed by atoms with Crippen LogP contribution in [0.2, 0.25) is 0 Å². The second-order valence-electron chi connectivity index (χ2n) is 5.99. The van der Waals surface area contributed by atoms with E-state index < -0.39 is 5.97 Å². The molecule has 0 aliphatic rings. The van der Waals surface area contributed by atoms with Gasteiger partial charge in [-0.1, -0.05) is 32.0 Å². The minimum atomic E-state index is -0.721. The zero-order valence-electron chi connectivity index (χ0n) is 13.6. The van der Waals surface area contributed by atoms with Crippen LogP contribution in [0.15, 0.2) is 30.3 Å². The molecule has 0 bridgehead atoms. The molecule has 0 heterocycles. The van der Waals surface area contributed by atoms with E-state index in [2.05, 4.69) is 44.2 Å². The van der Waals surface area contributed by atoms with E-state index in [1.165, 1.54) is 21.9 Å². The van der Waals surface area contributed by atoms with Crippen molar-refractivity contribution in [1.82, 2.24) is 0 Å². The molecule has 2 aromatic carbocycles. The lowest BCUT2D eigenvalue weighted by molar-refractivity contribution is -0.137. The van der Waals surface area contributed by atoms with Crippen LogP contribution in [0, 0.1) is 0 Å². The van der Waals surface area contributed by atoms with E-state index in [4.69, 9.17) is 9.84 Å². The maximum atomic E-state index is 10.6. The molecule has 1 N–H and O–H groups in total. The van der Waals surface area contributed by atoms with Crippen molar-refractivity contribution < 1.29 is 14.6 Å². The number of unbranched alkanes of at least 4 members (excludes halogenated alkanes) is 1. The zero-order chi connectivity index (χ0) is 16.1. The van der Waals surface area contributed by atoms with Crippen LogP contribution in [0.1, 0.15) is 50.2 Å². The first-order chi connectivity index (χ1) is 10.5. The van der Waals surface area contributed by atoms with E-state index in [1.807, 2.05) is 0 Å². The van der Waals surface area contributed by atoms with Crippen molar-refractivity contribution in [3.05, 3.63) is 41.5 Å². The Morgan fingerprint density at radius 2 is 2.00 bits per heavy atom. The summed E-state index contributed by atoms with van der Waals surface area (Å²) in [5.41, 5.74) is 2.48. The fourth-order valence-electron chi connectivity index (χ4n) is 2.83. The Hall–Kier alpha value is -2.03. The fraction of sp³-hybridized carbons (Fsp3) is 0.421. The molecule has 0 saturated heterocycles. The monoisotopic (exact) mass is 300 g/mol. The van der Waals surface area contributed by atoms with Crippen molar-refractivity contribution in [3.8, 4) is 5.75 Å². The number of aryl methyl sites for hydroxylation is 1. The third kappa shape index (κ3) is 3.79. The Kier molecular flexibility index (Phi) is 5.42. The van der Waals surface area contributed by atoms with E-state index in [-0.39, 0.29) is 6.42 Å². The number of hydrogen-bond acceptors (Lipinski definition) is 2. The summed E-state index contributed by atoms with van der Waals surface area (Å²) in [4.78, 5) is 10.6. The molecule has 0 atom stereocenters. The summed E-state index contributed by atoms with van der Waals surface area (Å²) in [6, 6.07) is 10.7. The lowest BCUT2D eigenvalue weighted by atomic mass is 9.94. The van der Waals surface area contributed by atoms with Gasteiger partial charge in [0, 0.05) is 6.42 Å². The molecule has 0 aliphatic carbocycles. The number of carbonyl (C=O) groups is 1. The number of ether oxygens (including phenoxy) is 1. The SMILES string of the molecule is COc1cc2c(CCCCC(=O)O)cccc2cc1C(C)C. The van der Waals surface area contributed by atoms with Crippen molar-refractivity contribution in [3.63, 3.8) is 0 Å². The summed E-state index contributed by atoms with van der Waals surface area (Å²) in [7, 11) is 1.71. The number of carboxylic acids is 1. The largest absolute Gasteiger partial charge is 0.496 e. The molecule has 0 fully saturated rings. The van der Waals surface area contributed by atoms with Crippen molar-refractivity contribution >= 4 is 16.7 Å². The molecule has 22 heavy (non-hydrogen) atoms. The average molecular weight is 300 g/mol. The molecule has 0 spiro atoms. The van der Waals surface area contributed by atoms with E-state index in [0.29, 0.717) is 12.3 Å². The van der Waals surface area contributed by atoms with Gasteiger partial charge in [-0.15, -0.1) is 0 Å². The van der Waals surface area contributed by atoms with Crippen LogP contribution in [0.5, 0.6) is 5.75 Å². The van der Waals surface area contributed by atoms with Gasteiger partial charge in [-0.3, -0.25) is 4.79 Å². The number of hydrogen-bond donors (Lipinski definition) is 1. The van der Waals surface area contributed by atoms with Gasteiger partial charge < -0.3 is 9.84 Å². The van der Waals surface area contributed by atoms with E-state index >= 15 is 0 Å². The maximum absolute atomic E-state index is 10.6. The number of rotatable bonds is 7. The molecule has 118 valence electrons. The van der Waals surface area contributed by atoms with Gasteiger partial charge in [-0.2, -0.15) is 0 Å². The highest BCUT2D eigenvalue weighted by molar-refractivity contribution is 5.88. The number of methoxy groups -OCH3 is 1. The molecule has 0 aliphatic heterocycles. The number of benzene rings is 2. The Morgan fingerprint density at radius 1 is 1.23 bits per heavy atom. The zero-order valence-corrected chi connectivity index (χ0v) is 13.6. The normalized spacial score (nSPS) is 11.1. The molecule has 2 rings (SSSR count). The predicted molar refractivity (Wildman–Crippen MR) is 89.8 cm³/mol. The number of fused-ring (bicyclic) bond motifs is 1. The topological polar surface area (TPSA) is 46.5 Å². The predicted octanol–water partition coefficient (Wildman–Crippen LogP) is 4.77. The third-order valence-electron chi connectivity index (χ3n) is 4.03. The highest BCUT2D eigenvalue weighted by atomic mass is 16.5.